The SMILES string of the molecule is CC(=N)c1ccc2nnc(Sc3ccc4ncc(N5CCC(N(C)C)C5)cc4c3)n2n1. The second-order valence-corrected chi connectivity index (χ2v) is 9.14. The van der Waals surface area contributed by atoms with Crippen molar-refractivity contribution in [1.29, 1.82) is 5.41 Å². The molecule has 0 spiro atoms. The van der Waals surface area contributed by atoms with Crippen molar-refractivity contribution in [2.24, 2.45) is 0 Å². The van der Waals surface area contributed by atoms with E-state index in [4.69, 9.17) is 5.41 Å². The molecule has 0 amide bonds. The summed E-state index contributed by atoms with van der Waals surface area (Å²) in [4.78, 5) is 10.4. The van der Waals surface area contributed by atoms with Crippen LogP contribution in [0, 0.1) is 5.41 Å². The Labute approximate surface area is 184 Å². The smallest absolute Gasteiger partial charge is 0.217 e. The van der Waals surface area contributed by atoms with E-state index in [0.717, 1.165) is 28.9 Å². The zero-order valence-electron chi connectivity index (χ0n) is 17.8. The third-order valence-corrected chi connectivity index (χ3v) is 6.65. The van der Waals surface area contributed by atoms with Crippen LogP contribution in [0.5, 0.6) is 0 Å². The number of nitrogens with one attached hydrogen (secondary N) is 1. The lowest BCUT2D eigenvalue weighted by Crippen LogP contribution is -2.31. The molecule has 158 valence electrons. The van der Waals surface area contributed by atoms with E-state index < -0.39 is 0 Å². The fourth-order valence-corrected chi connectivity index (χ4v) is 4.71. The fraction of sp³-hybridized carbons (Fsp3) is 0.318. The van der Waals surface area contributed by atoms with Crippen LogP contribution < -0.4 is 4.90 Å². The highest BCUT2D eigenvalue weighted by atomic mass is 32.2. The Bertz CT molecular complexity index is 1280. The van der Waals surface area contributed by atoms with Crippen molar-refractivity contribution < 1.29 is 0 Å². The third-order valence-electron chi connectivity index (χ3n) is 5.72. The van der Waals surface area contributed by atoms with Gasteiger partial charge < -0.3 is 15.2 Å². The van der Waals surface area contributed by atoms with Crippen LogP contribution in [0.25, 0.3) is 16.6 Å². The lowest BCUT2D eigenvalue weighted by Gasteiger charge is -2.21. The molecule has 1 N–H and O–H groups in total. The van der Waals surface area contributed by atoms with Crippen molar-refractivity contribution in [2.75, 3.05) is 32.1 Å². The minimum atomic E-state index is 0.411. The molecule has 1 unspecified atom stereocenters. The summed E-state index contributed by atoms with van der Waals surface area (Å²) in [6.45, 7) is 3.80. The van der Waals surface area contributed by atoms with Crippen LogP contribution in [0.15, 0.2) is 52.6 Å². The molecule has 0 aliphatic carbocycles. The van der Waals surface area contributed by atoms with E-state index in [1.54, 1.807) is 17.5 Å². The molecule has 0 bridgehead atoms. The first-order valence-electron chi connectivity index (χ1n) is 10.2. The molecule has 9 heteroatoms. The monoisotopic (exact) mass is 432 g/mol. The van der Waals surface area contributed by atoms with E-state index in [-0.39, 0.29) is 0 Å². The number of likely N-dealkylation sites (N-methyl/N-ethyl adjacent to an activating group) is 1. The van der Waals surface area contributed by atoms with E-state index >= 15 is 0 Å². The molecule has 1 aliphatic heterocycles. The predicted octanol–water partition coefficient (Wildman–Crippen LogP) is 3.35. The molecular formula is C22H24N8S. The molecule has 1 saturated heterocycles. The quantitative estimate of drug-likeness (QED) is 0.484. The number of fused-ring (bicyclic) bond motifs is 2. The topological polar surface area (TPSA) is 86.3 Å². The summed E-state index contributed by atoms with van der Waals surface area (Å²) in [5.74, 6) is 0. The Morgan fingerprint density at radius 1 is 1.16 bits per heavy atom. The van der Waals surface area contributed by atoms with Crippen molar-refractivity contribution in [1.82, 2.24) is 29.7 Å². The number of hydrogen-bond acceptors (Lipinski definition) is 8. The van der Waals surface area contributed by atoms with Gasteiger partial charge >= 0.3 is 0 Å². The molecule has 3 aromatic heterocycles. The van der Waals surface area contributed by atoms with Crippen LogP contribution in [0.4, 0.5) is 5.69 Å². The van der Waals surface area contributed by atoms with Gasteiger partial charge in [-0.1, -0.05) is 0 Å². The molecular weight excluding hydrogens is 408 g/mol. The number of benzene rings is 1. The van der Waals surface area contributed by atoms with Crippen molar-refractivity contribution in [3.63, 3.8) is 0 Å². The van der Waals surface area contributed by atoms with Crippen molar-refractivity contribution in [3.05, 3.63) is 48.3 Å². The van der Waals surface area contributed by atoms with Gasteiger partial charge in [0.1, 0.15) is 5.69 Å². The molecule has 0 radical (unpaired) electrons. The minimum absolute atomic E-state index is 0.411. The van der Waals surface area contributed by atoms with Gasteiger partial charge in [0.25, 0.3) is 0 Å². The highest BCUT2D eigenvalue weighted by molar-refractivity contribution is 7.99. The van der Waals surface area contributed by atoms with Crippen molar-refractivity contribution >= 4 is 39.7 Å². The van der Waals surface area contributed by atoms with Gasteiger partial charge in [0, 0.05) is 29.4 Å². The lowest BCUT2D eigenvalue weighted by atomic mass is 10.2. The first kappa shape index (κ1) is 19.9. The summed E-state index contributed by atoms with van der Waals surface area (Å²) >= 11 is 1.51. The number of aromatic nitrogens is 5. The summed E-state index contributed by atoms with van der Waals surface area (Å²) in [6, 6.07) is 12.7. The number of hydrogen-bond donors (Lipinski definition) is 1. The van der Waals surface area contributed by atoms with E-state index in [2.05, 4.69) is 56.3 Å². The van der Waals surface area contributed by atoms with Gasteiger partial charge in [-0.05, 0) is 75.6 Å². The molecule has 31 heavy (non-hydrogen) atoms. The molecule has 1 fully saturated rings. The van der Waals surface area contributed by atoms with Crippen LogP contribution >= 0.6 is 11.8 Å². The van der Waals surface area contributed by atoms with Gasteiger partial charge in [-0.3, -0.25) is 4.98 Å². The minimum Gasteiger partial charge on any atom is -0.369 e. The van der Waals surface area contributed by atoms with Crippen LogP contribution in [0.2, 0.25) is 0 Å². The first-order chi connectivity index (χ1) is 15.0. The van der Waals surface area contributed by atoms with E-state index in [1.807, 2.05) is 24.4 Å². The number of pyridine rings is 1. The molecule has 4 heterocycles. The standard InChI is InChI=1S/C22H24N8S/c1-14(23)19-6-7-21-25-26-22(30(21)27-19)31-18-4-5-20-15(11-18)10-17(12-24-20)29-9-8-16(13-29)28(2)3/h4-7,10-12,16,23H,8-9,13H2,1-3H3. The number of nitrogens with zero attached hydrogens (tertiary/aromatic N) is 7. The maximum atomic E-state index is 7.84. The molecule has 4 aromatic rings. The van der Waals surface area contributed by atoms with Crippen LogP contribution in [-0.2, 0) is 0 Å². The van der Waals surface area contributed by atoms with Crippen LogP contribution in [0.3, 0.4) is 0 Å². The second kappa shape index (κ2) is 7.90. The molecule has 1 aliphatic rings. The fourth-order valence-electron chi connectivity index (χ4n) is 3.87. The Hall–Kier alpha value is -3.04. The zero-order chi connectivity index (χ0) is 21.5. The largest absolute Gasteiger partial charge is 0.369 e. The van der Waals surface area contributed by atoms with Crippen molar-refractivity contribution in [3.8, 4) is 0 Å². The Balaban J connectivity index is 1.44. The zero-order valence-corrected chi connectivity index (χ0v) is 18.6. The first-order valence-corrected chi connectivity index (χ1v) is 11.1. The highest BCUT2D eigenvalue weighted by Gasteiger charge is 2.24. The van der Waals surface area contributed by atoms with Crippen molar-refractivity contribution in [2.45, 2.75) is 29.4 Å². The van der Waals surface area contributed by atoms with Crippen LogP contribution in [0.1, 0.15) is 19.0 Å². The molecule has 0 saturated carbocycles. The van der Waals surface area contributed by atoms with Gasteiger partial charge in [-0.15, -0.1) is 10.2 Å². The summed E-state index contributed by atoms with van der Waals surface area (Å²) in [5.41, 5.74) is 3.83. The molecule has 1 atom stereocenters. The van der Waals surface area contributed by atoms with Gasteiger partial charge in [0.2, 0.25) is 5.16 Å². The van der Waals surface area contributed by atoms with Gasteiger partial charge in [0.05, 0.1) is 23.1 Å². The summed E-state index contributed by atoms with van der Waals surface area (Å²) in [6.07, 6.45) is 3.15. The van der Waals surface area contributed by atoms with Gasteiger partial charge in [-0.2, -0.15) is 9.61 Å². The number of rotatable bonds is 5. The maximum Gasteiger partial charge on any atom is 0.217 e. The Kier molecular flexibility index (Phi) is 5.07. The Morgan fingerprint density at radius 3 is 2.81 bits per heavy atom. The number of anilines is 1. The average Bonchev–Trinajstić information content (AvgIpc) is 3.41. The Morgan fingerprint density at radius 2 is 2.03 bits per heavy atom. The summed E-state index contributed by atoms with van der Waals surface area (Å²) < 4.78 is 1.70. The normalized spacial score (nSPS) is 16.6. The second-order valence-electron chi connectivity index (χ2n) is 8.10. The maximum absolute atomic E-state index is 7.84. The van der Waals surface area contributed by atoms with Crippen LogP contribution in [-0.4, -0.2) is 68.6 Å². The lowest BCUT2D eigenvalue weighted by molar-refractivity contribution is 0.315. The average molecular weight is 433 g/mol. The predicted molar refractivity (Wildman–Crippen MR) is 123 cm³/mol. The van der Waals surface area contributed by atoms with Gasteiger partial charge in [0.15, 0.2) is 5.65 Å². The van der Waals surface area contributed by atoms with Gasteiger partial charge in [-0.25, -0.2) is 0 Å². The summed E-state index contributed by atoms with van der Waals surface area (Å²) in [7, 11) is 4.29. The highest BCUT2D eigenvalue weighted by Crippen LogP contribution is 2.31. The molecule has 1 aromatic carbocycles. The van der Waals surface area contributed by atoms with E-state index in [1.165, 1.54) is 23.9 Å². The molecule has 5 rings (SSSR count). The van der Waals surface area contributed by atoms with E-state index in [9.17, 15) is 0 Å². The third kappa shape index (κ3) is 3.86. The summed E-state index contributed by atoms with van der Waals surface area (Å²) in [5, 5.41) is 22.6. The van der Waals surface area contributed by atoms with E-state index in [0.29, 0.717) is 28.3 Å². The molecule has 8 nitrogen and oxygen atoms in total.